The molecule has 0 radical (unpaired) electrons. The molecular formula is C12H11F5N2. The van der Waals surface area contributed by atoms with E-state index >= 15 is 0 Å². The van der Waals surface area contributed by atoms with Gasteiger partial charge in [-0.2, -0.15) is 0 Å². The van der Waals surface area contributed by atoms with Crippen LogP contribution in [0.15, 0.2) is 0 Å². The number of nitrogens with zero attached hydrogens (tertiary/aromatic N) is 1. The third-order valence-corrected chi connectivity index (χ3v) is 3.89. The molecule has 104 valence electrons. The number of hydrogen-bond donors (Lipinski definition) is 1. The van der Waals surface area contributed by atoms with E-state index in [0.29, 0.717) is 26.2 Å². The van der Waals surface area contributed by atoms with Crippen molar-refractivity contribution in [2.45, 2.75) is 0 Å². The molecule has 0 aromatic heterocycles. The van der Waals surface area contributed by atoms with Crippen LogP contribution in [0.25, 0.3) is 0 Å². The maximum Gasteiger partial charge on any atom is 0.200 e. The molecule has 19 heavy (non-hydrogen) atoms. The summed E-state index contributed by atoms with van der Waals surface area (Å²) in [6, 6.07) is 0. The van der Waals surface area contributed by atoms with E-state index in [2.05, 4.69) is 5.32 Å². The number of benzene rings is 1. The first-order chi connectivity index (χ1) is 9.00. The average molecular weight is 278 g/mol. The zero-order valence-electron chi connectivity index (χ0n) is 9.82. The molecule has 2 nitrogen and oxygen atoms in total. The van der Waals surface area contributed by atoms with Crippen molar-refractivity contribution in [1.29, 1.82) is 0 Å². The molecule has 0 amide bonds. The summed E-state index contributed by atoms with van der Waals surface area (Å²) in [4.78, 5) is 1.26. The molecule has 0 bridgehead atoms. The zero-order chi connectivity index (χ0) is 13.7. The van der Waals surface area contributed by atoms with Gasteiger partial charge in [-0.05, 0) is 11.8 Å². The largest absolute Gasteiger partial charge is 0.366 e. The van der Waals surface area contributed by atoms with Gasteiger partial charge >= 0.3 is 0 Å². The van der Waals surface area contributed by atoms with Crippen molar-refractivity contribution >= 4 is 5.69 Å². The first kappa shape index (κ1) is 12.7. The number of hydrogen-bond acceptors (Lipinski definition) is 2. The number of nitrogens with one attached hydrogen (secondary N) is 1. The molecule has 3 rings (SSSR count). The second-order valence-corrected chi connectivity index (χ2v) is 5.00. The van der Waals surface area contributed by atoms with Crippen molar-refractivity contribution in [3.63, 3.8) is 0 Å². The first-order valence-corrected chi connectivity index (χ1v) is 5.97. The van der Waals surface area contributed by atoms with Gasteiger partial charge < -0.3 is 10.2 Å². The lowest BCUT2D eigenvalue weighted by Gasteiger charge is -2.21. The van der Waals surface area contributed by atoms with Gasteiger partial charge in [0.05, 0.1) is 0 Å². The lowest BCUT2D eigenvalue weighted by atomic mass is 10.0. The van der Waals surface area contributed by atoms with Crippen molar-refractivity contribution in [3.8, 4) is 0 Å². The molecule has 1 aromatic carbocycles. The monoisotopic (exact) mass is 278 g/mol. The Kier molecular flexibility index (Phi) is 2.88. The molecule has 1 aromatic rings. The Morgan fingerprint density at radius 3 is 1.63 bits per heavy atom. The lowest BCUT2D eigenvalue weighted by Crippen LogP contribution is -2.28. The fourth-order valence-electron chi connectivity index (χ4n) is 2.91. The van der Waals surface area contributed by atoms with Gasteiger partial charge in [-0.3, -0.25) is 0 Å². The van der Waals surface area contributed by atoms with Crippen molar-refractivity contribution in [2.24, 2.45) is 11.8 Å². The van der Waals surface area contributed by atoms with Crippen LogP contribution in [0.4, 0.5) is 27.6 Å². The van der Waals surface area contributed by atoms with Gasteiger partial charge in [0.15, 0.2) is 23.3 Å². The van der Waals surface area contributed by atoms with E-state index < -0.39 is 34.8 Å². The summed E-state index contributed by atoms with van der Waals surface area (Å²) in [6.45, 7) is 2.01. The first-order valence-electron chi connectivity index (χ1n) is 5.97. The van der Waals surface area contributed by atoms with Crippen LogP contribution < -0.4 is 10.2 Å². The molecule has 2 saturated heterocycles. The van der Waals surface area contributed by atoms with Gasteiger partial charge in [0.2, 0.25) is 5.82 Å². The van der Waals surface area contributed by atoms with Crippen LogP contribution in [0.2, 0.25) is 0 Å². The standard InChI is InChI=1S/C12H11F5N2/c13-7-8(14)10(16)12(11(17)9(7)15)19-3-5-1-18-2-6(5)4-19/h5-6,18H,1-4H2/t5-,6+. The van der Waals surface area contributed by atoms with Crippen LogP contribution in [-0.2, 0) is 0 Å². The highest BCUT2D eigenvalue weighted by Crippen LogP contribution is 2.36. The van der Waals surface area contributed by atoms with E-state index in [-0.39, 0.29) is 11.8 Å². The second-order valence-electron chi connectivity index (χ2n) is 5.00. The highest BCUT2D eigenvalue weighted by atomic mass is 19.2. The number of halogens is 5. The van der Waals surface area contributed by atoms with Crippen molar-refractivity contribution in [1.82, 2.24) is 5.32 Å². The van der Waals surface area contributed by atoms with Gasteiger partial charge in [-0.25, -0.2) is 22.0 Å². The molecule has 2 aliphatic rings. The van der Waals surface area contributed by atoms with Gasteiger partial charge in [0, 0.05) is 26.2 Å². The van der Waals surface area contributed by atoms with E-state index in [1.165, 1.54) is 4.90 Å². The van der Waals surface area contributed by atoms with E-state index in [0.717, 1.165) is 0 Å². The van der Waals surface area contributed by atoms with Crippen LogP contribution in [-0.4, -0.2) is 26.2 Å². The van der Waals surface area contributed by atoms with Gasteiger partial charge in [-0.15, -0.1) is 0 Å². The number of rotatable bonds is 1. The number of anilines is 1. The Hall–Kier alpha value is -1.37. The van der Waals surface area contributed by atoms with Crippen molar-refractivity contribution in [2.75, 3.05) is 31.1 Å². The third-order valence-electron chi connectivity index (χ3n) is 3.89. The molecule has 2 atom stereocenters. The Morgan fingerprint density at radius 2 is 1.16 bits per heavy atom. The molecule has 0 unspecified atom stereocenters. The molecular weight excluding hydrogens is 267 g/mol. The minimum Gasteiger partial charge on any atom is -0.366 e. The van der Waals surface area contributed by atoms with Crippen LogP contribution in [0.5, 0.6) is 0 Å². The van der Waals surface area contributed by atoms with Crippen LogP contribution in [0, 0.1) is 40.9 Å². The highest BCUT2D eigenvalue weighted by molar-refractivity contribution is 5.51. The normalized spacial score (nSPS) is 26.1. The molecule has 0 aliphatic carbocycles. The summed E-state index contributed by atoms with van der Waals surface area (Å²) in [5, 5.41) is 3.14. The van der Waals surface area contributed by atoms with E-state index in [1.54, 1.807) is 0 Å². The second kappa shape index (κ2) is 4.33. The molecule has 2 fully saturated rings. The van der Waals surface area contributed by atoms with Crippen LogP contribution >= 0.6 is 0 Å². The van der Waals surface area contributed by atoms with Crippen LogP contribution in [0.1, 0.15) is 0 Å². The van der Waals surface area contributed by atoms with Gasteiger partial charge in [0.1, 0.15) is 5.69 Å². The Morgan fingerprint density at radius 1 is 0.737 bits per heavy atom. The molecule has 2 aliphatic heterocycles. The average Bonchev–Trinajstić information content (AvgIpc) is 2.95. The zero-order valence-corrected chi connectivity index (χ0v) is 9.82. The maximum absolute atomic E-state index is 13.7. The topological polar surface area (TPSA) is 15.3 Å². The molecule has 0 spiro atoms. The molecule has 0 saturated carbocycles. The summed E-state index contributed by atoms with van der Waals surface area (Å²) >= 11 is 0. The fourth-order valence-corrected chi connectivity index (χ4v) is 2.91. The maximum atomic E-state index is 13.7. The van der Waals surface area contributed by atoms with Gasteiger partial charge in [-0.1, -0.05) is 0 Å². The van der Waals surface area contributed by atoms with Crippen LogP contribution in [0.3, 0.4) is 0 Å². The molecule has 7 heteroatoms. The summed E-state index contributed by atoms with van der Waals surface area (Å²) < 4.78 is 66.6. The highest BCUT2D eigenvalue weighted by Gasteiger charge is 2.39. The summed E-state index contributed by atoms with van der Waals surface area (Å²) in [5.74, 6) is -8.99. The predicted octanol–water partition coefficient (Wildman–Crippen LogP) is 2.04. The Bertz CT molecular complexity index is 492. The lowest BCUT2D eigenvalue weighted by molar-refractivity contribution is 0.378. The Balaban J connectivity index is 2.02. The van der Waals surface area contributed by atoms with Crippen molar-refractivity contribution < 1.29 is 22.0 Å². The predicted molar refractivity (Wildman–Crippen MR) is 58.3 cm³/mol. The smallest absolute Gasteiger partial charge is 0.200 e. The Labute approximate surface area is 106 Å². The van der Waals surface area contributed by atoms with E-state index in [4.69, 9.17) is 0 Å². The quantitative estimate of drug-likeness (QED) is 0.480. The summed E-state index contributed by atoms with van der Waals surface area (Å²) in [7, 11) is 0. The fraction of sp³-hybridized carbons (Fsp3) is 0.500. The van der Waals surface area contributed by atoms with E-state index in [9.17, 15) is 22.0 Å². The molecule has 2 heterocycles. The van der Waals surface area contributed by atoms with E-state index in [1.807, 2.05) is 0 Å². The van der Waals surface area contributed by atoms with Crippen molar-refractivity contribution in [3.05, 3.63) is 29.1 Å². The summed E-state index contributed by atoms with van der Waals surface area (Å²) in [6.07, 6.45) is 0. The SMILES string of the molecule is Fc1c(F)c(F)c(N2C[C@H]3CNC[C@H]3C2)c(F)c1F. The van der Waals surface area contributed by atoms with Gasteiger partial charge in [0.25, 0.3) is 0 Å². The number of fused-ring (bicyclic) bond motifs is 1. The molecule has 1 N–H and O–H groups in total. The third kappa shape index (κ3) is 1.79. The minimum atomic E-state index is -2.11. The summed E-state index contributed by atoms with van der Waals surface area (Å²) in [5.41, 5.74) is -0.800. The minimum absolute atomic E-state index is 0.190.